The molecule has 1 aromatic rings. The van der Waals surface area contributed by atoms with E-state index < -0.39 is 6.10 Å². The summed E-state index contributed by atoms with van der Waals surface area (Å²) in [6.07, 6.45) is 5.29. The van der Waals surface area contributed by atoms with Crippen LogP contribution < -0.4 is 0 Å². The van der Waals surface area contributed by atoms with Crippen LogP contribution in [0.15, 0.2) is 43.2 Å². The van der Waals surface area contributed by atoms with Crippen molar-refractivity contribution in [2.24, 2.45) is 0 Å². The number of quaternary nitrogens is 1. The fourth-order valence-electron chi connectivity index (χ4n) is 2.52. The summed E-state index contributed by atoms with van der Waals surface area (Å²) in [5.74, 6) is 0. The zero-order valence-electron chi connectivity index (χ0n) is 11.9. The van der Waals surface area contributed by atoms with E-state index >= 15 is 0 Å². The Kier molecular flexibility index (Phi) is 4.60. The number of nitrogens with zero attached hydrogens (tertiary/aromatic N) is 2. The molecule has 4 heteroatoms. The van der Waals surface area contributed by atoms with Crippen molar-refractivity contribution in [3.63, 3.8) is 0 Å². The zero-order chi connectivity index (χ0) is 14.6. The van der Waals surface area contributed by atoms with Gasteiger partial charge in [0, 0.05) is 6.54 Å². The van der Waals surface area contributed by atoms with Crippen molar-refractivity contribution in [3.8, 4) is 0 Å². The minimum Gasteiger partial charge on any atom is -0.393 e. The summed E-state index contributed by atoms with van der Waals surface area (Å²) in [4.78, 5) is 2.22. The van der Waals surface area contributed by atoms with Gasteiger partial charge in [-0.1, -0.05) is 36.9 Å². The highest BCUT2D eigenvalue weighted by Gasteiger charge is 2.29. The number of hydrogen-bond acceptors (Lipinski definition) is 3. The first-order valence-corrected chi connectivity index (χ1v) is 6.82. The highest BCUT2D eigenvalue weighted by molar-refractivity contribution is 5.47. The molecule has 1 aliphatic heterocycles. The summed E-state index contributed by atoms with van der Waals surface area (Å²) in [6.45, 7) is 5.74. The Hall–Kier alpha value is -1.62. The van der Waals surface area contributed by atoms with Gasteiger partial charge in [0.2, 0.25) is 0 Å². The molecule has 2 N–H and O–H groups in total. The topological polar surface area (TPSA) is 43.7 Å². The van der Waals surface area contributed by atoms with Gasteiger partial charge in [0.25, 0.3) is 0 Å². The Morgan fingerprint density at radius 1 is 1.40 bits per heavy atom. The predicted octanol–water partition coefficient (Wildman–Crippen LogP) is 1.37. The number of aliphatic hydroxyl groups is 2. The molecule has 4 nitrogen and oxygen atoms in total. The van der Waals surface area contributed by atoms with Crippen molar-refractivity contribution < 1.29 is 14.7 Å². The second-order valence-corrected chi connectivity index (χ2v) is 5.63. The first-order valence-electron chi connectivity index (χ1n) is 6.82. The van der Waals surface area contributed by atoms with Gasteiger partial charge in [-0.3, -0.25) is 4.48 Å². The highest BCUT2D eigenvalue weighted by Crippen LogP contribution is 2.19. The van der Waals surface area contributed by atoms with Gasteiger partial charge in [0.1, 0.15) is 18.8 Å². The third kappa shape index (κ3) is 3.70. The zero-order valence-corrected chi connectivity index (χ0v) is 11.9. The summed E-state index contributed by atoms with van der Waals surface area (Å²) in [7, 11) is 2.05. The minimum atomic E-state index is -0.670. The van der Waals surface area contributed by atoms with Gasteiger partial charge in [-0.15, -0.1) is 0 Å². The van der Waals surface area contributed by atoms with Gasteiger partial charge >= 0.3 is 0 Å². The molecule has 2 atom stereocenters. The second-order valence-electron chi connectivity index (χ2n) is 5.63. The van der Waals surface area contributed by atoms with Crippen LogP contribution in [0.1, 0.15) is 11.1 Å². The van der Waals surface area contributed by atoms with E-state index in [0.29, 0.717) is 11.0 Å². The van der Waals surface area contributed by atoms with Gasteiger partial charge in [-0.2, -0.15) is 0 Å². The van der Waals surface area contributed by atoms with E-state index in [1.807, 2.05) is 6.08 Å². The number of hydrogen-bond donors (Lipinski definition) is 2. The number of aliphatic hydroxyl groups excluding tert-OH is 2. The molecule has 2 rings (SSSR count). The Morgan fingerprint density at radius 3 is 2.70 bits per heavy atom. The van der Waals surface area contributed by atoms with Crippen molar-refractivity contribution in [1.82, 2.24) is 4.90 Å². The maximum Gasteiger partial charge on any atom is 0.158 e. The molecule has 0 spiro atoms. The fourth-order valence-corrected chi connectivity index (χ4v) is 2.52. The molecule has 108 valence electrons. The summed E-state index contributed by atoms with van der Waals surface area (Å²) in [6, 6.07) is 8.34. The molecule has 2 unspecified atom stereocenters. The summed E-state index contributed by atoms with van der Waals surface area (Å²) in [5.41, 5.74) is 2.37. The predicted molar refractivity (Wildman–Crippen MR) is 80.2 cm³/mol. The monoisotopic (exact) mass is 275 g/mol. The van der Waals surface area contributed by atoms with Crippen LogP contribution in [0.5, 0.6) is 0 Å². The van der Waals surface area contributed by atoms with Crippen LogP contribution in [0, 0.1) is 0 Å². The molecule has 1 aromatic carbocycles. The molecule has 1 aliphatic rings. The van der Waals surface area contributed by atoms with Crippen LogP contribution in [0.25, 0.3) is 6.08 Å². The van der Waals surface area contributed by atoms with Crippen LogP contribution in [-0.4, -0.2) is 52.6 Å². The molecule has 0 amide bonds. The number of likely N-dealkylation sites (N-methyl/N-ethyl adjacent to an activating group) is 1. The summed E-state index contributed by atoms with van der Waals surface area (Å²) >= 11 is 0. The van der Waals surface area contributed by atoms with E-state index in [9.17, 15) is 5.11 Å². The van der Waals surface area contributed by atoms with Crippen molar-refractivity contribution in [2.75, 3.05) is 26.9 Å². The van der Waals surface area contributed by atoms with Crippen molar-refractivity contribution >= 4 is 6.08 Å². The summed E-state index contributed by atoms with van der Waals surface area (Å²) < 4.78 is 0.618. The smallest absolute Gasteiger partial charge is 0.158 e. The van der Waals surface area contributed by atoms with Crippen LogP contribution in [0.2, 0.25) is 0 Å². The summed E-state index contributed by atoms with van der Waals surface area (Å²) in [5, 5.41) is 18.5. The normalized spacial score (nSPS) is 23.1. The van der Waals surface area contributed by atoms with E-state index in [4.69, 9.17) is 5.11 Å². The molecule has 0 saturated carbocycles. The lowest BCUT2D eigenvalue weighted by Gasteiger charge is -2.30. The van der Waals surface area contributed by atoms with Crippen LogP contribution >= 0.6 is 0 Å². The van der Waals surface area contributed by atoms with Gasteiger partial charge in [-0.05, 0) is 11.1 Å². The van der Waals surface area contributed by atoms with Crippen molar-refractivity contribution in [2.45, 2.75) is 12.6 Å². The maximum atomic E-state index is 9.59. The average molecular weight is 275 g/mol. The number of rotatable bonds is 6. The molecule has 0 aliphatic carbocycles. The second kappa shape index (κ2) is 6.22. The molecular formula is C16H23N2O2+. The maximum absolute atomic E-state index is 9.59. The lowest BCUT2D eigenvalue weighted by Crippen LogP contribution is -2.46. The van der Waals surface area contributed by atoms with Crippen LogP contribution in [0.4, 0.5) is 0 Å². The standard InChI is InChI=1S/C16H23N2O2/c1-3-14-4-6-15(7-5-14)10-17-8-9-18(2,13-17)11-16(20)12-19/h3-9,16,19-20H,1,10-13H2,2H3/q+1. The highest BCUT2D eigenvalue weighted by atomic mass is 16.3. The third-order valence-electron chi connectivity index (χ3n) is 3.58. The number of benzene rings is 1. The lowest BCUT2D eigenvalue weighted by molar-refractivity contribution is -0.865. The fraction of sp³-hybridized carbons (Fsp3) is 0.375. The van der Waals surface area contributed by atoms with Crippen molar-refractivity contribution in [3.05, 3.63) is 54.4 Å². The Labute approximate surface area is 120 Å². The Morgan fingerprint density at radius 2 is 2.10 bits per heavy atom. The lowest BCUT2D eigenvalue weighted by atomic mass is 10.1. The molecule has 0 radical (unpaired) electrons. The van der Waals surface area contributed by atoms with E-state index in [1.165, 1.54) is 5.56 Å². The van der Waals surface area contributed by atoms with E-state index in [-0.39, 0.29) is 6.61 Å². The van der Waals surface area contributed by atoms with Gasteiger partial charge in [0.15, 0.2) is 6.67 Å². The largest absolute Gasteiger partial charge is 0.393 e. The van der Waals surface area contributed by atoms with Gasteiger partial charge < -0.3 is 15.1 Å². The Bertz CT molecular complexity index is 484. The van der Waals surface area contributed by atoms with Gasteiger partial charge in [-0.25, -0.2) is 0 Å². The molecule has 0 fully saturated rings. The quantitative estimate of drug-likeness (QED) is 0.771. The molecule has 1 heterocycles. The van der Waals surface area contributed by atoms with E-state index in [1.54, 1.807) is 0 Å². The average Bonchev–Trinajstić information content (AvgIpc) is 2.80. The third-order valence-corrected chi connectivity index (χ3v) is 3.58. The van der Waals surface area contributed by atoms with Crippen molar-refractivity contribution in [1.29, 1.82) is 0 Å². The SMILES string of the molecule is C=Cc1ccc(CN2C=C[N+](C)(CC(O)CO)C2)cc1. The molecule has 0 saturated heterocycles. The first-order chi connectivity index (χ1) is 9.54. The molecule has 0 aromatic heterocycles. The minimum absolute atomic E-state index is 0.190. The van der Waals surface area contributed by atoms with Crippen LogP contribution in [-0.2, 0) is 6.54 Å². The van der Waals surface area contributed by atoms with Crippen LogP contribution in [0.3, 0.4) is 0 Å². The Balaban J connectivity index is 1.92. The first kappa shape index (κ1) is 14.8. The van der Waals surface area contributed by atoms with E-state index in [2.05, 4.69) is 55.2 Å². The molecule has 0 bridgehead atoms. The van der Waals surface area contributed by atoms with E-state index in [0.717, 1.165) is 18.8 Å². The molecular weight excluding hydrogens is 252 g/mol. The van der Waals surface area contributed by atoms with Gasteiger partial charge in [0.05, 0.1) is 19.9 Å². The molecule has 20 heavy (non-hydrogen) atoms.